The second-order valence-electron chi connectivity index (χ2n) is 10.1. The first kappa shape index (κ1) is 24.7. The molecule has 0 bridgehead atoms. The standard InChI is InChI=1S/C29H37N5O2/c1-22(35)33(31-15-7-3-4-8-16-31)26-13-11-24-19-25-12-14-27(21-29(25)30-28(24)20-26)34(23(2)36)32-17-9-5-6-10-18-32/h11-14,19-21H,3-10,15-18H2,1-2H3. The van der Waals surface area contributed by atoms with Crippen LogP contribution in [0.5, 0.6) is 0 Å². The van der Waals surface area contributed by atoms with Crippen molar-refractivity contribution in [2.45, 2.75) is 65.2 Å². The van der Waals surface area contributed by atoms with Gasteiger partial charge >= 0.3 is 0 Å². The number of pyridine rings is 1. The number of aromatic nitrogens is 1. The van der Waals surface area contributed by atoms with Gasteiger partial charge in [0.25, 0.3) is 0 Å². The van der Waals surface area contributed by atoms with Gasteiger partial charge in [0, 0.05) is 50.8 Å². The van der Waals surface area contributed by atoms with Crippen LogP contribution >= 0.6 is 0 Å². The van der Waals surface area contributed by atoms with Crippen molar-refractivity contribution < 1.29 is 9.59 Å². The lowest BCUT2D eigenvalue weighted by molar-refractivity contribution is -0.120. The molecule has 0 spiro atoms. The summed E-state index contributed by atoms with van der Waals surface area (Å²) >= 11 is 0. The van der Waals surface area contributed by atoms with E-state index in [2.05, 4.69) is 28.2 Å². The van der Waals surface area contributed by atoms with Crippen molar-refractivity contribution in [1.82, 2.24) is 15.0 Å². The highest BCUT2D eigenvalue weighted by Gasteiger charge is 2.23. The van der Waals surface area contributed by atoms with Gasteiger partial charge in [-0.3, -0.25) is 9.59 Å². The molecule has 0 N–H and O–H groups in total. The summed E-state index contributed by atoms with van der Waals surface area (Å²) < 4.78 is 0. The van der Waals surface area contributed by atoms with Crippen molar-refractivity contribution in [3.8, 4) is 0 Å². The number of nitrogens with zero attached hydrogens (tertiary/aromatic N) is 5. The molecule has 1 aromatic heterocycles. The Hall–Kier alpha value is -3.03. The van der Waals surface area contributed by atoms with Crippen LogP contribution in [0.3, 0.4) is 0 Å². The van der Waals surface area contributed by atoms with Gasteiger partial charge in [-0.1, -0.05) is 37.8 Å². The van der Waals surface area contributed by atoms with E-state index in [1.807, 2.05) is 34.3 Å². The number of hydrazine groups is 2. The molecule has 5 rings (SSSR count). The highest BCUT2D eigenvalue weighted by molar-refractivity contribution is 5.99. The van der Waals surface area contributed by atoms with E-state index in [0.29, 0.717) is 0 Å². The highest BCUT2D eigenvalue weighted by atomic mass is 16.2. The van der Waals surface area contributed by atoms with Gasteiger partial charge in [-0.05, 0) is 56.0 Å². The lowest BCUT2D eigenvalue weighted by Gasteiger charge is -2.33. The molecule has 7 nitrogen and oxygen atoms in total. The first-order valence-electron chi connectivity index (χ1n) is 13.5. The van der Waals surface area contributed by atoms with Crippen LogP contribution in [0.25, 0.3) is 21.8 Å². The van der Waals surface area contributed by atoms with Gasteiger partial charge in [-0.15, -0.1) is 0 Å². The SMILES string of the molecule is CC(=O)N(c1ccc2cc3ccc(N(C(C)=O)N4CCCCCC4)cc3nc2c1)N1CCCCCC1. The Morgan fingerprint density at radius 2 is 1.00 bits per heavy atom. The van der Waals surface area contributed by atoms with E-state index >= 15 is 0 Å². The van der Waals surface area contributed by atoms with E-state index in [-0.39, 0.29) is 11.8 Å². The number of fused-ring (bicyclic) bond motifs is 2. The molecule has 0 aliphatic carbocycles. The highest BCUT2D eigenvalue weighted by Crippen LogP contribution is 2.29. The van der Waals surface area contributed by atoms with E-state index in [1.54, 1.807) is 13.8 Å². The first-order valence-corrected chi connectivity index (χ1v) is 13.5. The summed E-state index contributed by atoms with van der Waals surface area (Å²) in [5, 5.41) is 10.1. The third-order valence-corrected chi connectivity index (χ3v) is 7.40. The van der Waals surface area contributed by atoms with Gasteiger partial charge in [-0.25, -0.2) is 25.0 Å². The zero-order valence-corrected chi connectivity index (χ0v) is 21.6. The number of hydrogen-bond acceptors (Lipinski definition) is 5. The molecule has 2 fully saturated rings. The van der Waals surface area contributed by atoms with Crippen molar-refractivity contribution in [3.05, 3.63) is 42.5 Å². The Morgan fingerprint density at radius 3 is 1.36 bits per heavy atom. The molecule has 2 aromatic carbocycles. The molecule has 7 heteroatoms. The largest absolute Gasteiger partial charge is 0.273 e. The summed E-state index contributed by atoms with van der Waals surface area (Å²) in [5.74, 6) is 0.0442. The Kier molecular flexibility index (Phi) is 7.48. The minimum absolute atomic E-state index is 0.0221. The molecule has 3 heterocycles. The summed E-state index contributed by atoms with van der Waals surface area (Å²) in [7, 11) is 0. The average Bonchev–Trinajstić information content (AvgIpc) is 3.28. The predicted octanol–water partition coefficient (Wildman–Crippen LogP) is 5.68. The van der Waals surface area contributed by atoms with Crippen LogP contribution in [0.15, 0.2) is 42.5 Å². The van der Waals surface area contributed by atoms with Crippen molar-refractivity contribution >= 4 is 45.0 Å². The number of amides is 2. The second kappa shape index (κ2) is 10.9. The molecule has 0 radical (unpaired) electrons. The molecule has 2 amide bonds. The van der Waals surface area contributed by atoms with E-state index in [9.17, 15) is 9.59 Å². The average molecular weight is 488 g/mol. The number of hydrogen-bond donors (Lipinski definition) is 0. The normalized spacial score (nSPS) is 18.1. The molecular formula is C29H37N5O2. The first-order chi connectivity index (χ1) is 17.5. The minimum atomic E-state index is 0.0221. The maximum Gasteiger partial charge on any atom is 0.238 e. The fourth-order valence-corrected chi connectivity index (χ4v) is 5.66. The Morgan fingerprint density at radius 1 is 0.611 bits per heavy atom. The third kappa shape index (κ3) is 5.22. The Bertz CT molecular complexity index is 1150. The molecule has 0 saturated carbocycles. The van der Waals surface area contributed by atoms with Crippen LogP contribution in [0.1, 0.15) is 65.2 Å². The molecule has 2 aliphatic heterocycles. The van der Waals surface area contributed by atoms with Gasteiger partial charge in [0.2, 0.25) is 11.8 Å². The van der Waals surface area contributed by atoms with Crippen molar-refractivity contribution in [1.29, 1.82) is 0 Å². The van der Waals surface area contributed by atoms with E-state index in [1.165, 1.54) is 25.7 Å². The smallest absolute Gasteiger partial charge is 0.238 e. The van der Waals surface area contributed by atoms with Crippen molar-refractivity contribution in [3.63, 3.8) is 0 Å². The molecule has 0 unspecified atom stereocenters. The monoisotopic (exact) mass is 487 g/mol. The predicted molar refractivity (Wildman–Crippen MR) is 146 cm³/mol. The molecule has 2 saturated heterocycles. The fourth-order valence-electron chi connectivity index (χ4n) is 5.66. The van der Waals surface area contributed by atoms with Gasteiger partial charge in [-0.2, -0.15) is 0 Å². The van der Waals surface area contributed by atoms with E-state index in [0.717, 1.165) is 85.0 Å². The minimum Gasteiger partial charge on any atom is -0.273 e. The molecular weight excluding hydrogens is 450 g/mol. The van der Waals surface area contributed by atoms with Crippen LogP contribution in [-0.2, 0) is 9.59 Å². The summed E-state index contributed by atoms with van der Waals surface area (Å²) in [6.07, 6.45) is 9.27. The quantitative estimate of drug-likeness (QED) is 0.444. The van der Waals surface area contributed by atoms with Crippen molar-refractivity contribution in [2.75, 3.05) is 36.2 Å². The Balaban J connectivity index is 1.52. The molecule has 2 aliphatic rings. The summed E-state index contributed by atoms with van der Waals surface area (Å²) in [6.45, 7) is 6.84. The number of anilines is 2. The summed E-state index contributed by atoms with van der Waals surface area (Å²) in [5.41, 5.74) is 3.41. The third-order valence-electron chi connectivity index (χ3n) is 7.40. The van der Waals surface area contributed by atoms with Crippen LogP contribution in [0, 0.1) is 0 Å². The lowest BCUT2D eigenvalue weighted by Crippen LogP contribution is -2.46. The Labute approximate surface area is 213 Å². The molecule has 36 heavy (non-hydrogen) atoms. The van der Waals surface area contributed by atoms with Crippen LogP contribution in [-0.4, -0.2) is 53.0 Å². The maximum atomic E-state index is 12.7. The summed E-state index contributed by atoms with van der Waals surface area (Å²) in [4.78, 5) is 30.4. The van der Waals surface area contributed by atoms with Crippen LogP contribution in [0.2, 0.25) is 0 Å². The molecule has 3 aromatic rings. The van der Waals surface area contributed by atoms with Gasteiger partial charge in [0.05, 0.1) is 22.4 Å². The molecule has 0 atom stereocenters. The molecule has 190 valence electrons. The zero-order valence-electron chi connectivity index (χ0n) is 21.6. The van der Waals surface area contributed by atoms with Crippen LogP contribution in [0.4, 0.5) is 11.4 Å². The second-order valence-corrected chi connectivity index (χ2v) is 10.1. The number of carbonyl (C=O) groups excluding carboxylic acids is 2. The fraction of sp³-hybridized carbons (Fsp3) is 0.483. The van der Waals surface area contributed by atoms with Gasteiger partial charge in [0.1, 0.15) is 0 Å². The lowest BCUT2D eigenvalue weighted by atomic mass is 10.1. The van der Waals surface area contributed by atoms with Gasteiger partial charge < -0.3 is 0 Å². The number of rotatable bonds is 4. The number of benzene rings is 2. The van der Waals surface area contributed by atoms with Crippen LogP contribution < -0.4 is 10.0 Å². The summed E-state index contributed by atoms with van der Waals surface area (Å²) in [6, 6.07) is 14.3. The van der Waals surface area contributed by atoms with Crippen molar-refractivity contribution in [2.24, 2.45) is 0 Å². The van der Waals surface area contributed by atoms with E-state index in [4.69, 9.17) is 4.98 Å². The number of carbonyl (C=O) groups is 2. The maximum absolute atomic E-state index is 12.7. The topological polar surface area (TPSA) is 60.0 Å². The zero-order chi connectivity index (χ0) is 25.1. The van der Waals surface area contributed by atoms with E-state index < -0.39 is 0 Å². The van der Waals surface area contributed by atoms with Gasteiger partial charge in [0.15, 0.2) is 0 Å².